The lowest BCUT2D eigenvalue weighted by atomic mass is 9.92. The molecule has 30 heavy (non-hydrogen) atoms. The fourth-order valence-electron chi connectivity index (χ4n) is 4.33. The highest BCUT2D eigenvalue weighted by atomic mass is 28.3. The van der Waals surface area contributed by atoms with Gasteiger partial charge in [-0.2, -0.15) is 0 Å². The zero-order valence-electron chi connectivity index (χ0n) is 18.3. The summed E-state index contributed by atoms with van der Waals surface area (Å²) in [5, 5.41) is 6.27. The van der Waals surface area contributed by atoms with Crippen LogP contribution in [0.5, 0.6) is 0 Å². The van der Waals surface area contributed by atoms with Crippen LogP contribution >= 0.6 is 0 Å². The van der Waals surface area contributed by atoms with Gasteiger partial charge in [0.2, 0.25) is 0 Å². The fourth-order valence-corrected chi connectivity index (χ4v) is 5.48. The van der Waals surface area contributed by atoms with Gasteiger partial charge < -0.3 is 4.42 Å². The SMILES string of the molecule is CC(C)c1cc(-c2nccc3c2oc2cc([Si](C)(C)C)ccc23)cc2ccccc12. The summed E-state index contributed by atoms with van der Waals surface area (Å²) in [6.45, 7) is 11.6. The van der Waals surface area contributed by atoms with Crippen LogP contribution in [0.25, 0.3) is 44.0 Å². The normalized spacial score (nSPS) is 12.5. The molecule has 5 rings (SSSR count). The van der Waals surface area contributed by atoms with Crippen molar-refractivity contribution in [3.8, 4) is 11.3 Å². The molecule has 0 spiro atoms. The van der Waals surface area contributed by atoms with Crippen LogP contribution in [0, 0.1) is 0 Å². The number of benzene rings is 3. The van der Waals surface area contributed by atoms with Crippen LogP contribution in [-0.4, -0.2) is 13.1 Å². The van der Waals surface area contributed by atoms with E-state index in [4.69, 9.17) is 9.40 Å². The molecular weight excluding hydrogens is 382 g/mol. The van der Waals surface area contributed by atoms with Gasteiger partial charge in [-0.15, -0.1) is 0 Å². The third kappa shape index (κ3) is 3.05. The first-order valence-electron chi connectivity index (χ1n) is 10.7. The maximum absolute atomic E-state index is 6.45. The molecule has 0 aliphatic carbocycles. The van der Waals surface area contributed by atoms with Crippen LogP contribution in [0.15, 0.2) is 71.3 Å². The van der Waals surface area contributed by atoms with E-state index in [1.807, 2.05) is 6.20 Å². The number of rotatable bonds is 3. The Balaban J connectivity index is 1.79. The van der Waals surface area contributed by atoms with Crippen molar-refractivity contribution in [2.75, 3.05) is 0 Å². The Morgan fingerprint density at radius 3 is 2.40 bits per heavy atom. The smallest absolute Gasteiger partial charge is 0.161 e. The van der Waals surface area contributed by atoms with Gasteiger partial charge in [0.1, 0.15) is 11.3 Å². The molecular formula is C27H27NOSi. The second-order valence-electron chi connectivity index (χ2n) is 9.54. The predicted octanol–water partition coefficient (Wildman–Crippen LogP) is 7.47. The Morgan fingerprint density at radius 1 is 0.833 bits per heavy atom. The molecule has 2 heterocycles. The number of aromatic nitrogens is 1. The molecule has 5 aromatic rings. The Kier molecular flexibility index (Phi) is 4.33. The van der Waals surface area contributed by atoms with Crippen molar-refractivity contribution in [2.45, 2.75) is 39.4 Å². The molecule has 0 amide bonds. The van der Waals surface area contributed by atoms with Crippen molar-refractivity contribution >= 4 is 46.0 Å². The van der Waals surface area contributed by atoms with Crippen molar-refractivity contribution in [2.24, 2.45) is 0 Å². The summed E-state index contributed by atoms with van der Waals surface area (Å²) in [5.41, 5.74) is 5.23. The van der Waals surface area contributed by atoms with Crippen LogP contribution in [0.3, 0.4) is 0 Å². The Bertz CT molecular complexity index is 1410. The van der Waals surface area contributed by atoms with Crippen LogP contribution in [0.1, 0.15) is 25.3 Å². The first kappa shape index (κ1) is 19.1. The summed E-state index contributed by atoms with van der Waals surface area (Å²) in [5.74, 6) is 0.434. The Hall–Kier alpha value is -2.91. The lowest BCUT2D eigenvalue weighted by Gasteiger charge is -2.15. The van der Waals surface area contributed by atoms with Crippen LogP contribution in [0.4, 0.5) is 0 Å². The van der Waals surface area contributed by atoms with Gasteiger partial charge in [0.05, 0.1) is 8.07 Å². The summed E-state index contributed by atoms with van der Waals surface area (Å²) >= 11 is 0. The molecule has 0 atom stereocenters. The second-order valence-corrected chi connectivity index (χ2v) is 14.6. The highest BCUT2D eigenvalue weighted by Gasteiger charge is 2.20. The van der Waals surface area contributed by atoms with E-state index >= 15 is 0 Å². The minimum Gasteiger partial charge on any atom is -0.454 e. The number of hydrogen-bond donors (Lipinski definition) is 0. The van der Waals surface area contributed by atoms with Crippen LogP contribution < -0.4 is 5.19 Å². The van der Waals surface area contributed by atoms with Crippen molar-refractivity contribution in [1.29, 1.82) is 0 Å². The average molecular weight is 410 g/mol. The molecule has 0 fully saturated rings. The Morgan fingerprint density at radius 2 is 1.63 bits per heavy atom. The molecule has 2 nitrogen and oxygen atoms in total. The van der Waals surface area contributed by atoms with E-state index in [9.17, 15) is 0 Å². The van der Waals surface area contributed by atoms with E-state index in [0.29, 0.717) is 5.92 Å². The van der Waals surface area contributed by atoms with Gasteiger partial charge in [0, 0.05) is 22.5 Å². The molecule has 0 aliphatic heterocycles. The van der Waals surface area contributed by atoms with Crippen molar-refractivity contribution in [3.05, 3.63) is 72.4 Å². The lowest BCUT2D eigenvalue weighted by Crippen LogP contribution is -2.37. The number of furan rings is 1. The zero-order valence-corrected chi connectivity index (χ0v) is 19.3. The molecule has 3 aromatic carbocycles. The lowest BCUT2D eigenvalue weighted by molar-refractivity contribution is 0.668. The topological polar surface area (TPSA) is 26.0 Å². The molecule has 150 valence electrons. The summed E-state index contributed by atoms with van der Waals surface area (Å²) in [6.07, 6.45) is 1.91. The molecule has 2 aromatic heterocycles. The molecule has 0 bridgehead atoms. The monoisotopic (exact) mass is 409 g/mol. The number of hydrogen-bond acceptors (Lipinski definition) is 2. The second kappa shape index (κ2) is 6.81. The maximum atomic E-state index is 6.45. The number of nitrogens with zero attached hydrogens (tertiary/aromatic N) is 1. The van der Waals surface area contributed by atoms with Gasteiger partial charge in [0.15, 0.2) is 5.58 Å². The fraction of sp³-hybridized carbons (Fsp3) is 0.222. The van der Waals surface area contributed by atoms with Gasteiger partial charge in [0.25, 0.3) is 0 Å². The summed E-state index contributed by atoms with van der Waals surface area (Å²) < 4.78 is 6.45. The van der Waals surface area contributed by atoms with E-state index in [1.165, 1.54) is 26.9 Å². The molecule has 0 aliphatic rings. The number of fused-ring (bicyclic) bond motifs is 4. The van der Waals surface area contributed by atoms with E-state index in [-0.39, 0.29) is 0 Å². The predicted molar refractivity (Wildman–Crippen MR) is 132 cm³/mol. The maximum Gasteiger partial charge on any atom is 0.161 e. The summed E-state index contributed by atoms with van der Waals surface area (Å²) in [7, 11) is -1.40. The van der Waals surface area contributed by atoms with Gasteiger partial charge in [-0.05, 0) is 46.5 Å². The number of pyridine rings is 1. The molecule has 0 N–H and O–H groups in total. The van der Waals surface area contributed by atoms with E-state index in [2.05, 4.69) is 94.2 Å². The van der Waals surface area contributed by atoms with Gasteiger partial charge in [-0.3, -0.25) is 4.98 Å². The van der Waals surface area contributed by atoms with Crippen LogP contribution in [-0.2, 0) is 0 Å². The minimum absolute atomic E-state index is 0.434. The largest absolute Gasteiger partial charge is 0.454 e. The van der Waals surface area contributed by atoms with Gasteiger partial charge in [-0.1, -0.05) is 75.1 Å². The molecule has 0 radical (unpaired) electrons. The highest BCUT2D eigenvalue weighted by molar-refractivity contribution is 6.88. The standard InChI is InChI=1S/C27H27NOSi/c1-17(2)24-15-19(14-18-8-6-7-9-21(18)24)26-27-23(12-13-28-26)22-11-10-20(30(3,4)5)16-25(22)29-27/h6-17H,1-5H3. The van der Waals surface area contributed by atoms with Crippen LogP contribution in [0.2, 0.25) is 19.6 Å². The summed E-state index contributed by atoms with van der Waals surface area (Å²) in [4.78, 5) is 4.77. The molecule has 3 heteroatoms. The Labute approximate surface area is 178 Å². The first-order valence-corrected chi connectivity index (χ1v) is 14.2. The highest BCUT2D eigenvalue weighted by Crippen LogP contribution is 2.37. The van der Waals surface area contributed by atoms with Crippen molar-refractivity contribution in [3.63, 3.8) is 0 Å². The molecule has 0 saturated carbocycles. The van der Waals surface area contributed by atoms with E-state index in [0.717, 1.165) is 27.8 Å². The average Bonchev–Trinajstić information content (AvgIpc) is 3.10. The first-order chi connectivity index (χ1) is 14.3. The minimum atomic E-state index is -1.40. The quantitative estimate of drug-likeness (QED) is 0.289. The third-order valence-electron chi connectivity index (χ3n) is 6.04. The van der Waals surface area contributed by atoms with Gasteiger partial charge >= 0.3 is 0 Å². The van der Waals surface area contributed by atoms with Crippen molar-refractivity contribution < 1.29 is 4.42 Å². The van der Waals surface area contributed by atoms with Crippen molar-refractivity contribution in [1.82, 2.24) is 4.98 Å². The van der Waals surface area contributed by atoms with Gasteiger partial charge in [-0.25, -0.2) is 0 Å². The zero-order chi connectivity index (χ0) is 21.0. The summed E-state index contributed by atoms with van der Waals surface area (Å²) in [6, 6.07) is 21.9. The molecule has 0 unspecified atom stereocenters. The third-order valence-corrected chi connectivity index (χ3v) is 8.09. The van der Waals surface area contributed by atoms with E-state index < -0.39 is 8.07 Å². The van der Waals surface area contributed by atoms with E-state index in [1.54, 1.807) is 0 Å². The molecule has 0 saturated heterocycles.